The lowest BCUT2D eigenvalue weighted by atomic mass is 10.1. The maximum absolute atomic E-state index is 13.6. The standard InChI is InChI=1S/C13H14FNS/c1-2-15-8-10-3-4-13(14)12(7-10)11-5-6-16-9-11/h3-7,9,15H,2,8H2,1H3. The van der Waals surface area contributed by atoms with Crippen LogP contribution in [-0.2, 0) is 6.54 Å². The molecule has 0 amide bonds. The van der Waals surface area contributed by atoms with Crippen LogP contribution in [0.1, 0.15) is 12.5 Å². The van der Waals surface area contributed by atoms with Crippen LogP contribution in [0.15, 0.2) is 35.0 Å². The number of hydrogen-bond acceptors (Lipinski definition) is 2. The van der Waals surface area contributed by atoms with Crippen molar-refractivity contribution in [1.29, 1.82) is 0 Å². The van der Waals surface area contributed by atoms with E-state index in [1.54, 1.807) is 17.4 Å². The zero-order chi connectivity index (χ0) is 11.4. The second-order valence-electron chi connectivity index (χ2n) is 3.61. The van der Waals surface area contributed by atoms with E-state index >= 15 is 0 Å². The van der Waals surface area contributed by atoms with Gasteiger partial charge in [0.2, 0.25) is 0 Å². The summed E-state index contributed by atoms with van der Waals surface area (Å²) in [7, 11) is 0. The van der Waals surface area contributed by atoms with Crippen LogP contribution >= 0.6 is 11.3 Å². The molecule has 0 radical (unpaired) electrons. The molecule has 0 aliphatic carbocycles. The molecule has 1 aromatic heterocycles. The van der Waals surface area contributed by atoms with Gasteiger partial charge in [-0.15, -0.1) is 0 Å². The maximum atomic E-state index is 13.6. The van der Waals surface area contributed by atoms with Gasteiger partial charge >= 0.3 is 0 Å². The molecule has 1 aromatic carbocycles. The van der Waals surface area contributed by atoms with Crippen molar-refractivity contribution in [2.45, 2.75) is 13.5 Å². The SMILES string of the molecule is CCNCc1ccc(F)c(-c2ccsc2)c1. The Morgan fingerprint density at radius 2 is 2.19 bits per heavy atom. The lowest BCUT2D eigenvalue weighted by molar-refractivity contribution is 0.629. The Kier molecular flexibility index (Phi) is 3.70. The van der Waals surface area contributed by atoms with E-state index in [1.807, 2.05) is 29.0 Å². The maximum Gasteiger partial charge on any atom is 0.131 e. The molecule has 2 aromatic rings. The van der Waals surface area contributed by atoms with Gasteiger partial charge < -0.3 is 5.32 Å². The lowest BCUT2D eigenvalue weighted by Gasteiger charge is -2.06. The molecular formula is C13H14FNS. The van der Waals surface area contributed by atoms with Crippen molar-refractivity contribution in [3.05, 3.63) is 46.4 Å². The predicted octanol–water partition coefficient (Wildman–Crippen LogP) is 3.66. The molecule has 0 aliphatic rings. The molecule has 0 bridgehead atoms. The molecule has 0 atom stereocenters. The van der Waals surface area contributed by atoms with Gasteiger partial charge in [0.25, 0.3) is 0 Å². The summed E-state index contributed by atoms with van der Waals surface area (Å²) in [4.78, 5) is 0. The molecule has 1 nitrogen and oxygen atoms in total. The highest BCUT2D eigenvalue weighted by Crippen LogP contribution is 2.25. The summed E-state index contributed by atoms with van der Waals surface area (Å²) in [5.74, 6) is -0.154. The number of rotatable bonds is 4. The zero-order valence-electron chi connectivity index (χ0n) is 9.16. The summed E-state index contributed by atoms with van der Waals surface area (Å²) in [5.41, 5.74) is 2.77. The van der Waals surface area contributed by atoms with Crippen LogP contribution in [0.3, 0.4) is 0 Å². The van der Waals surface area contributed by atoms with Gasteiger partial charge in [0.05, 0.1) is 0 Å². The van der Waals surface area contributed by atoms with Gasteiger partial charge in [-0.25, -0.2) is 4.39 Å². The van der Waals surface area contributed by atoms with Crippen LogP contribution < -0.4 is 5.32 Å². The van der Waals surface area contributed by atoms with Crippen molar-refractivity contribution in [2.24, 2.45) is 0 Å². The first kappa shape index (κ1) is 11.3. The first-order valence-corrected chi connectivity index (χ1v) is 6.27. The Morgan fingerprint density at radius 1 is 1.31 bits per heavy atom. The summed E-state index contributed by atoms with van der Waals surface area (Å²) in [6, 6.07) is 7.23. The molecule has 0 unspecified atom stereocenters. The Hall–Kier alpha value is -1.19. The van der Waals surface area contributed by atoms with E-state index in [0.717, 1.165) is 24.2 Å². The van der Waals surface area contributed by atoms with Crippen LogP contribution in [0, 0.1) is 5.82 Å². The monoisotopic (exact) mass is 235 g/mol. The van der Waals surface area contributed by atoms with Crippen LogP contribution in [-0.4, -0.2) is 6.54 Å². The number of halogens is 1. The Labute approximate surface area is 98.9 Å². The van der Waals surface area contributed by atoms with Gasteiger partial charge in [-0.2, -0.15) is 11.3 Å². The topological polar surface area (TPSA) is 12.0 Å². The molecule has 0 aliphatic heterocycles. The number of nitrogens with one attached hydrogen (secondary N) is 1. The van der Waals surface area contributed by atoms with Gasteiger partial charge in [0.15, 0.2) is 0 Å². The van der Waals surface area contributed by atoms with Gasteiger partial charge in [-0.3, -0.25) is 0 Å². The average Bonchev–Trinajstić information content (AvgIpc) is 2.81. The summed E-state index contributed by atoms with van der Waals surface area (Å²) >= 11 is 1.58. The summed E-state index contributed by atoms with van der Waals surface area (Å²) in [5, 5.41) is 7.17. The number of hydrogen-bond donors (Lipinski definition) is 1. The van der Waals surface area contributed by atoms with Crippen molar-refractivity contribution in [3.63, 3.8) is 0 Å². The smallest absolute Gasteiger partial charge is 0.131 e. The third-order valence-electron chi connectivity index (χ3n) is 2.44. The molecule has 1 N–H and O–H groups in total. The average molecular weight is 235 g/mol. The number of thiophene rings is 1. The molecule has 16 heavy (non-hydrogen) atoms. The summed E-state index contributed by atoms with van der Waals surface area (Å²) in [6.45, 7) is 3.77. The fourth-order valence-corrected chi connectivity index (χ4v) is 2.25. The normalized spacial score (nSPS) is 10.6. The quantitative estimate of drug-likeness (QED) is 0.852. The van der Waals surface area contributed by atoms with E-state index < -0.39 is 0 Å². The van der Waals surface area contributed by atoms with E-state index in [1.165, 1.54) is 0 Å². The first-order chi connectivity index (χ1) is 7.81. The van der Waals surface area contributed by atoms with Crippen LogP contribution in [0.25, 0.3) is 11.1 Å². The fraction of sp³-hybridized carbons (Fsp3) is 0.231. The third kappa shape index (κ3) is 2.49. The minimum Gasteiger partial charge on any atom is -0.313 e. The van der Waals surface area contributed by atoms with Gasteiger partial charge in [0, 0.05) is 12.1 Å². The minimum absolute atomic E-state index is 0.154. The predicted molar refractivity (Wildman–Crippen MR) is 67.1 cm³/mol. The Balaban J connectivity index is 2.30. The summed E-state index contributed by atoms with van der Waals surface area (Å²) < 4.78 is 13.6. The molecule has 1 heterocycles. The molecule has 84 valence electrons. The largest absolute Gasteiger partial charge is 0.313 e. The molecule has 3 heteroatoms. The molecule has 0 fully saturated rings. The van der Waals surface area contributed by atoms with Gasteiger partial charge in [-0.05, 0) is 46.6 Å². The molecule has 0 saturated carbocycles. The highest BCUT2D eigenvalue weighted by Gasteiger charge is 2.06. The number of benzene rings is 1. The van der Waals surface area contributed by atoms with E-state index in [-0.39, 0.29) is 5.82 Å². The van der Waals surface area contributed by atoms with E-state index in [2.05, 4.69) is 12.2 Å². The highest BCUT2D eigenvalue weighted by molar-refractivity contribution is 7.08. The molecular weight excluding hydrogens is 221 g/mol. The van der Waals surface area contributed by atoms with Crippen molar-refractivity contribution in [2.75, 3.05) is 6.54 Å². The van der Waals surface area contributed by atoms with Crippen LogP contribution in [0.4, 0.5) is 4.39 Å². The van der Waals surface area contributed by atoms with E-state index in [9.17, 15) is 4.39 Å². The van der Waals surface area contributed by atoms with Crippen molar-refractivity contribution < 1.29 is 4.39 Å². The molecule has 2 rings (SSSR count). The van der Waals surface area contributed by atoms with Gasteiger partial charge in [0.1, 0.15) is 5.82 Å². The molecule has 0 spiro atoms. The highest BCUT2D eigenvalue weighted by atomic mass is 32.1. The summed E-state index contributed by atoms with van der Waals surface area (Å²) in [6.07, 6.45) is 0. The van der Waals surface area contributed by atoms with Crippen molar-refractivity contribution in [3.8, 4) is 11.1 Å². The minimum atomic E-state index is -0.154. The van der Waals surface area contributed by atoms with Crippen LogP contribution in [0.5, 0.6) is 0 Å². The van der Waals surface area contributed by atoms with E-state index in [0.29, 0.717) is 5.56 Å². The second-order valence-corrected chi connectivity index (χ2v) is 4.39. The third-order valence-corrected chi connectivity index (χ3v) is 3.13. The van der Waals surface area contributed by atoms with Crippen molar-refractivity contribution >= 4 is 11.3 Å². The first-order valence-electron chi connectivity index (χ1n) is 5.33. The zero-order valence-corrected chi connectivity index (χ0v) is 9.98. The van der Waals surface area contributed by atoms with Gasteiger partial charge in [-0.1, -0.05) is 13.0 Å². The Morgan fingerprint density at radius 3 is 2.88 bits per heavy atom. The van der Waals surface area contributed by atoms with Crippen LogP contribution in [0.2, 0.25) is 0 Å². The molecule has 0 saturated heterocycles. The lowest BCUT2D eigenvalue weighted by Crippen LogP contribution is -2.11. The second kappa shape index (κ2) is 5.23. The fourth-order valence-electron chi connectivity index (χ4n) is 1.59. The van der Waals surface area contributed by atoms with E-state index in [4.69, 9.17) is 0 Å². The Bertz CT molecular complexity index is 451. The van der Waals surface area contributed by atoms with Crippen molar-refractivity contribution in [1.82, 2.24) is 5.32 Å².